The molecule has 3 rings (SSSR count). The minimum atomic E-state index is 0.160. The highest BCUT2D eigenvalue weighted by Crippen LogP contribution is 2.18. The van der Waals surface area contributed by atoms with Gasteiger partial charge in [-0.25, -0.2) is 0 Å². The van der Waals surface area contributed by atoms with E-state index in [1.807, 2.05) is 0 Å². The second kappa shape index (κ2) is 2.23. The van der Waals surface area contributed by atoms with Gasteiger partial charge in [-0.2, -0.15) is 0 Å². The van der Waals surface area contributed by atoms with Crippen LogP contribution in [0.15, 0.2) is 0 Å². The highest BCUT2D eigenvalue weighted by Gasteiger charge is 2.30. The monoisotopic (exact) mass is 139 g/mol. The predicted octanol–water partition coefficient (Wildman–Crippen LogP) is -0.557. The Hall–Kier alpha value is -0.570. The van der Waals surface area contributed by atoms with Gasteiger partial charge >= 0.3 is 0 Å². The molecule has 1 unspecified atom stereocenters. The first-order chi connectivity index (χ1) is 4.86. The van der Waals surface area contributed by atoms with E-state index in [1.165, 1.54) is 0 Å². The number of hydrogen-bond acceptors (Lipinski definition) is 2. The minimum Gasteiger partial charge on any atom is -0.354 e. The largest absolute Gasteiger partial charge is 0.354 e. The van der Waals surface area contributed by atoms with Gasteiger partial charge in [-0.05, 0) is 12.8 Å². The number of fused-ring (bicyclic) bond motifs is 4. The first-order valence-electron chi connectivity index (χ1n) is 3.72. The maximum atomic E-state index is 11.1. The van der Waals surface area contributed by atoms with Gasteiger partial charge in [-0.1, -0.05) is 0 Å². The fraction of sp³-hybridized carbons (Fsp3) is 0.714. The van der Waals surface area contributed by atoms with E-state index in [1.54, 1.807) is 0 Å². The fourth-order valence-corrected chi connectivity index (χ4v) is 1.52. The summed E-state index contributed by atoms with van der Waals surface area (Å²) in [5, 5.41) is 6.16. The van der Waals surface area contributed by atoms with Gasteiger partial charge in [-0.15, -0.1) is 0 Å². The quantitative estimate of drug-likeness (QED) is 0.472. The lowest BCUT2D eigenvalue weighted by molar-refractivity contribution is -0.119. The maximum Gasteiger partial charge on any atom is 0.228 e. The predicted molar refractivity (Wildman–Crippen MR) is 37.3 cm³/mol. The van der Waals surface area contributed by atoms with Crippen molar-refractivity contribution in [3.63, 3.8) is 0 Å². The van der Waals surface area contributed by atoms with Crippen LogP contribution in [0.5, 0.6) is 0 Å². The van der Waals surface area contributed by atoms with Gasteiger partial charge < -0.3 is 10.6 Å². The molecule has 1 amide bonds. The van der Waals surface area contributed by atoms with Crippen molar-refractivity contribution in [3.05, 3.63) is 5.92 Å². The number of amides is 1. The number of nitrogens with one attached hydrogen (secondary N) is 2. The van der Waals surface area contributed by atoms with E-state index in [9.17, 15) is 4.79 Å². The van der Waals surface area contributed by atoms with E-state index in [4.69, 9.17) is 0 Å². The third kappa shape index (κ3) is 0.904. The van der Waals surface area contributed by atoms with Crippen molar-refractivity contribution in [1.82, 2.24) is 10.6 Å². The standard InChI is InChI=1S/C7H11N2O/c10-7-5-1-2-6(4-9-7)8-3-5/h6,8H,1-4H2,(H,9,10). The molecule has 2 N–H and O–H groups in total. The molecule has 3 fully saturated rings. The minimum absolute atomic E-state index is 0.160. The molecule has 3 heterocycles. The molecule has 3 aliphatic rings. The molecule has 0 saturated carbocycles. The summed E-state index contributed by atoms with van der Waals surface area (Å²) in [6.07, 6.45) is 2.11. The van der Waals surface area contributed by atoms with Crippen LogP contribution >= 0.6 is 0 Å². The molecule has 1 radical (unpaired) electrons. The van der Waals surface area contributed by atoms with Crippen LogP contribution in [-0.2, 0) is 4.79 Å². The summed E-state index contributed by atoms with van der Waals surface area (Å²) in [4.78, 5) is 11.1. The average molecular weight is 139 g/mol. The molecule has 2 bridgehead atoms. The van der Waals surface area contributed by atoms with Crippen LogP contribution < -0.4 is 10.6 Å². The summed E-state index contributed by atoms with van der Waals surface area (Å²) in [6.45, 7) is 1.61. The number of piperidine rings is 1. The lowest BCUT2D eigenvalue weighted by Gasteiger charge is -2.21. The van der Waals surface area contributed by atoms with Crippen molar-refractivity contribution in [2.24, 2.45) is 0 Å². The Morgan fingerprint density at radius 1 is 1.50 bits per heavy atom. The average Bonchev–Trinajstić information content (AvgIpc) is 2.24. The van der Waals surface area contributed by atoms with Gasteiger partial charge in [-0.3, -0.25) is 4.79 Å². The highest BCUT2D eigenvalue weighted by atomic mass is 16.1. The summed E-state index contributed by atoms with van der Waals surface area (Å²) in [5.74, 6) is 1.18. The SMILES string of the molecule is O=C1NCC2CC[C]1CN2. The summed E-state index contributed by atoms with van der Waals surface area (Å²) in [7, 11) is 0. The summed E-state index contributed by atoms with van der Waals surface area (Å²) >= 11 is 0. The van der Waals surface area contributed by atoms with E-state index >= 15 is 0 Å². The van der Waals surface area contributed by atoms with E-state index in [0.29, 0.717) is 6.04 Å². The first kappa shape index (κ1) is 6.16. The molecule has 3 aliphatic heterocycles. The van der Waals surface area contributed by atoms with Gasteiger partial charge in [0.15, 0.2) is 0 Å². The molecule has 0 aromatic carbocycles. The zero-order valence-corrected chi connectivity index (χ0v) is 5.81. The lowest BCUT2D eigenvalue weighted by Crippen LogP contribution is -2.38. The molecule has 1 atom stereocenters. The van der Waals surface area contributed by atoms with E-state index in [2.05, 4.69) is 10.6 Å². The van der Waals surface area contributed by atoms with Crippen LogP contribution in [0.4, 0.5) is 0 Å². The van der Waals surface area contributed by atoms with Crippen LogP contribution in [0.25, 0.3) is 0 Å². The van der Waals surface area contributed by atoms with Crippen LogP contribution in [0.2, 0.25) is 0 Å². The molecule has 0 spiro atoms. The van der Waals surface area contributed by atoms with Gasteiger partial charge in [0.2, 0.25) is 5.91 Å². The Morgan fingerprint density at radius 2 is 2.40 bits per heavy atom. The van der Waals surface area contributed by atoms with Crippen molar-refractivity contribution in [2.75, 3.05) is 13.1 Å². The lowest BCUT2D eigenvalue weighted by atomic mass is 9.97. The van der Waals surface area contributed by atoms with Crippen LogP contribution in [0.1, 0.15) is 12.8 Å². The molecule has 3 heteroatoms. The smallest absolute Gasteiger partial charge is 0.228 e. The molecule has 55 valence electrons. The topological polar surface area (TPSA) is 41.1 Å². The molecule has 3 saturated heterocycles. The molecular formula is C7H11N2O. The summed E-state index contributed by atoms with van der Waals surface area (Å²) < 4.78 is 0. The van der Waals surface area contributed by atoms with Gasteiger partial charge in [0, 0.05) is 19.1 Å². The van der Waals surface area contributed by atoms with E-state index in [0.717, 1.165) is 31.8 Å². The van der Waals surface area contributed by atoms with E-state index < -0.39 is 0 Å². The van der Waals surface area contributed by atoms with Crippen molar-refractivity contribution in [2.45, 2.75) is 18.9 Å². The van der Waals surface area contributed by atoms with Crippen molar-refractivity contribution in [3.8, 4) is 0 Å². The molecule has 10 heavy (non-hydrogen) atoms. The van der Waals surface area contributed by atoms with Crippen LogP contribution in [0, 0.1) is 5.92 Å². The zero-order valence-electron chi connectivity index (χ0n) is 5.81. The van der Waals surface area contributed by atoms with Crippen molar-refractivity contribution < 1.29 is 4.79 Å². The highest BCUT2D eigenvalue weighted by molar-refractivity contribution is 5.91. The zero-order chi connectivity index (χ0) is 6.97. The van der Waals surface area contributed by atoms with E-state index in [-0.39, 0.29) is 5.91 Å². The number of carbonyl (C=O) groups excluding carboxylic acids is 1. The Labute approximate surface area is 60.2 Å². The number of hydrogen-bond donors (Lipinski definition) is 2. The van der Waals surface area contributed by atoms with Crippen molar-refractivity contribution in [1.29, 1.82) is 0 Å². The Balaban J connectivity index is 2.14. The molecule has 3 nitrogen and oxygen atoms in total. The second-order valence-electron chi connectivity index (χ2n) is 2.93. The molecule has 0 aromatic heterocycles. The first-order valence-corrected chi connectivity index (χ1v) is 3.72. The van der Waals surface area contributed by atoms with Gasteiger partial charge in [0.25, 0.3) is 0 Å². The molecule has 0 aliphatic carbocycles. The summed E-state index contributed by atoms with van der Waals surface area (Å²) in [5.41, 5.74) is 0. The van der Waals surface area contributed by atoms with Crippen LogP contribution in [-0.4, -0.2) is 25.0 Å². The third-order valence-corrected chi connectivity index (χ3v) is 2.23. The number of rotatable bonds is 0. The fourth-order valence-electron chi connectivity index (χ4n) is 1.52. The molecule has 0 aromatic rings. The Bertz CT molecular complexity index is 150. The van der Waals surface area contributed by atoms with Crippen molar-refractivity contribution >= 4 is 5.91 Å². The maximum absolute atomic E-state index is 11.1. The Morgan fingerprint density at radius 3 is 3.10 bits per heavy atom. The molecular weight excluding hydrogens is 128 g/mol. The van der Waals surface area contributed by atoms with Gasteiger partial charge in [0.05, 0.1) is 5.92 Å². The summed E-state index contributed by atoms with van der Waals surface area (Å²) in [6, 6.07) is 0.523. The normalized spacial score (nSPS) is 33.6. The third-order valence-electron chi connectivity index (χ3n) is 2.23. The number of carbonyl (C=O) groups is 1. The van der Waals surface area contributed by atoms with Gasteiger partial charge in [0.1, 0.15) is 0 Å². The van der Waals surface area contributed by atoms with Crippen LogP contribution in [0.3, 0.4) is 0 Å². The second-order valence-corrected chi connectivity index (χ2v) is 2.93. The Kier molecular flexibility index (Phi) is 1.38.